The van der Waals surface area contributed by atoms with Crippen LogP contribution in [-0.2, 0) is 11.3 Å². The van der Waals surface area contributed by atoms with Gasteiger partial charge in [-0.05, 0) is 37.6 Å². The van der Waals surface area contributed by atoms with Crippen LogP contribution in [0.4, 0.5) is 5.00 Å². The van der Waals surface area contributed by atoms with Crippen molar-refractivity contribution >= 4 is 28.3 Å². The summed E-state index contributed by atoms with van der Waals surface area (Å²) in [6.45, 7) is 5.11. The van der Waals surface area contributed by atoms with Crippen LogP contribution in [-0.4, -0.2) is 45.9 Å². The van der Waals surface area contributed by atoms with E-state index in [-0.39, 0.29) is 17.7 Å². The van der Waals surface area contributed by atoms with E-state index in [1.807, 2.05) is 31.2 Å². The summed E-state index contributed by atoms with van der Waals surface area (Å²) in [6.07, 6.45) is 2.42. The fourth-order valence-electron chi connectivity index (χ4n) is 2.93. The summed E-state index contributed by atoms with van der Waals surface area (Å²) in [5.41, 5.74) is 1.73. The fourth-order valence-corrected chi connectivity index (χ4v) is 3.35. The highest BCUT2D eigenvalue weighted by Gasteiger charge is 2.27. The third-order valence-electron chi connectivity index (χ3n) is 4.21. The smallest absolute Gasteiger partial charge is 0.256 e. The Hall–Kier alpha value is -2.32. The molecule has 0 radical (unpaired) electrons. The molecule has 0 bridgehead atoms. The van der Waals surface area contributed by atoms with Gasteiger partial charge in [-0.1, -0.05) is 16.6 Å². The Morgan fingerprint density at radius 1 is 1.32 bits per heavy atom. The van der Waals surface area contributed by atoms with Crippen LogP contribution in [0.15, 0.2) is 30.5 Å². The van der Waals surface area contributed by atoms with E-state index in [1.54, 1.807) is 0 Å². The molecule has 8 heteroatoms. The predicted molar refractivity (Wildman–Crippen MR) is 96.4 cm³/mol. The van der Waals surface area contributed by atoms with Crippen molar-refractivity contribution in [2.75, 3.05) is 25.0 Å². The number of hydrogen-bond acceptors (Lipinski definition) is 6. The number of carbonyl (C=O) groups excluding carboxylic acids is 2. The Labute approximate surface area is 150 Å². The van der Waals surface area contributed by atoms with Gasteiger partial charge in [0.2, 0.25) is 5.91 Å². The van der Waals surface area contributed by atoms with Gasteiger partial charge in [0.25, 0.3) is 5.91 Å². The summed E-state index contributed by atoms with van der Waals surface area (Å²) >= 11 is 1.14. The van der Waals surface area contributed by atoms with Crippen LogP contribution >= 0.6 is 11.5 Å². The number of rotatable bonds is 6. The number of aromatic nitrogens is 2. The molecule has 1 aromatic heterocycles. The van der Waals surface area contributed by atoms with Crippen molar-refractivity contribution in [3.63, 3.8) is 0 Å². The molecule has 0 spiro atoms. The van der Waals surface area contributed by atoms with E-state index in [1.165, 1.54) is 6.20 Å². The van der Waals surface area contributed by atoms with Gasteiger partial charge < -0.3 is 10.6 Å². The second kappa shape index (κ2) is 8.17. The van der Waals surface area contributed by atoms with Crippen LogP contribution in [0.1, 0.15) is 29.3 Å². The van der Waals surface area contributed by atoms with Gasteiger partial charge in [0.05, 0.1) is 12.1 Å². The van der Waals surface area contributed by atoms with Crippen molar-refractivity contribution in [3.05, 3.63) is 41.6 Å². The highest BCUT2D eigenvalue weighted by atomic mass is 32.1. The second-order valence-corrected chi connectivity index (χ2v) is 6.83. The quantitative estimate of drug-likeness (QED) is 0.820. The van der Waals surface area contributed by atoms with Crippen LogP contribution in [0.5, 0.6) is 0 Å². The summed E-state index contributed by atoms with van der Waals surface area (Å²) < 4.78 is 3.71. The van der Waals surface area contributed by atoms with Gasteiger partial charge in [0.1, 0.15) is 5.00 Å². The molecule has 2 aromatic rings. The molecule has 0 saturated carbocycles. The topological polar surface area (TPSA) is 87.2 Å². The zero-order valence-electron chi connectivity index (χ0n) is 14.1. The van der Waals surface area contributed by atoms with E-state index in [4.69, 9.17) is 0 Å². The monoisotopic (exact) mass is 359 g/mol. The maximum absolute atomic E-state index is 12.1. The number of benzene rings is 1. The van der Waals surface area contributed by atoms with E-state index in [0.717, 1.165) is 43.2 Å². The van der Waals surface area contributed by atoms with Crippen LogP contribution in [0.25, 0.3) is 0 Å². The molecular weight excluding hydrogens is 338 g/mol. The summed E-state index contributed by atoms with van der Waals surface area (Å²) in [7, 11) is 0. The number of anilines is 1. The molecule has 2 N–H and O–H groups in total. The Kier molecular flexibility index (Phi) is 5.72. The minimum atomic E-state index is -0.171. The lowest BCUT2D eigenvalue weighted by Gasteiger charge is -2.16. The highest BCUT2D eigenvalue weighted by Crippen LogP contribution is 2.19. The predicted octanol–water partition coefficient (Wildman–Crippen LogP) is 1.75. The van der Waals surface area contributed by atoms with Gasteiger partial charge in [0.15, 0.2) is 0 Å². The second-order valence-electron chi connectivity index (χ2n) is 6.05. The third-order valence-corrected chi connectivity index (χ3v) is 4.79. The number of amides is 2. The SMILES string of the molecule is CCNC(=O)[C@H]1CCN(Cc2ccc(C(=O)Nc3cnns3)cc2)C1. The van der Waals surface area contributed by atoms with Crippen LogP contribution in [0, 0.1) is 5.92 Å². The Balaban J connectivity index is 1.53. The first-order chi connectivity index (χ1) is 12.2. The van der Waals surface area contributed by atoms with Gasteiger partial charge in [-0.25, -0.2) is 0 Å². The average Bonchev–Trinajstić information content (AvgIpc) is 3.28. The fraction of sp³-hybridized carbons (Fsp3) is 0.412. The Morgan fingerprint density at radius 2 is 2.12 bits per heavy atom. The van der Waals surface area contributed by atoms with Crippen molar-refractivity contribution in [3.8, 4) is 0 Å². The number of hydrogen-bond donors (Lipinski definition) is 2. The van der Waals surface area contributed by atoms with Crippen LogP contribution in [0.2, 0.25) is 0 Å². The minimum Gasteiger partial charge on any atom is -0.356 e. The summed E-state index contributed by atoms with van der Waals surface area (Å²) in [4.78, 5) is 26.3. The van der Waals surface area contributed by atoms with Crippen molar-refractivity contribution in [2.45, 2.75) is 19.9 Å². The van der Waals surface area contributed by atoms with Gasteiger partial charge in [-0.2, -0.15) is 0 Å². The zero-order valence-corrected chi connectivity index (χ0v) is 14.9. The first-order valence-electron chi connectivity index (χ1n) is 8.33. The molecular formula is C17H21N5O2S. The molecule has 1 fully saturated rings. The van der Waals surface area contributed by atoms with Crippen molar-refractivity contribution < 1.29 is 9.59 Å². The molecule has 0 aliphatic carbocycles. The van der Waals surface area contributed by atoms with Crippen LogP contribution < -0.4 is 10.6 Å². The number of likely N-dealkylation sites (tertiary alicyclic amines) is 1. The average molecular weight is 359 g/mol. The highest BCUT2D eigenvalue weighted by molar-refractivity contribution is 7.10. The lowest BCUT2D eigenvalue weighted by atomic mass is 10.1. The maximum atomic E-state index is 12.1. The van der Waals surface area contributed by atoms with E-state index in [0.29, 0.717) is 17.1 Å². The standard InChI is InChI=1S/C17H21N5O2S/c1-2-18-16(23)14-7-8-22(11-14)10-12-3-5-13(6-4-12)17(24)20-15-9-19-21-25-15/h3-6,9,14H,2,7-8,10-11H2,1H3,(H,18,23)(H,20,24)/t14-/m0/s1. The number of carbonyl (C=O) groups is 2. The van der Waals surface area contributed by atoms with E-state index in [9.17, 15) is 9.59 Å². The first-order valence-corrected chi connectivity index (χ1v) is 9.10. The van der Waals surface area contributed by atoms with E-state index >= 15 is 0 Å². The Morgan fingerprint density at radius 3 is 2.80 bits per heavy atom. The third kappa shape index (κ3) is 4.61. The minimum absolute atomic E-state index is 0.0815. The molecule has 1 aromatic carbocycles. The van der Waals surface area contributed by atoms with Crippen molar-refractivity contribution in [1.82, 2.24) is 19.8 Å². The lowest BCUT2D eigenvalue weighted by molar-refractivity contribution is -0.124. The van der Waals surface area contributed by atoms with Gasteiger partial charge in [-0.3, -0.25) is 14.5 Å². The molecule has 132 valence electrons. The summed E-state index contributed by atoms with van der Waals surface area (Å²) in [6, 6.07) is 7.55. The van der Waals surface area contributed by atoms with Crippen molar-refractivity contribution in [1.29, 1.82) is 0 Å². The largest absolute Gasteiger partial charge is 0.356 e. The molecule has 1 saturated heterocycles. The summed E-state index contributed by atoms with van der Waals surface area (Å²) in [5.74, 6) is 0.0580. The molecule has 2 amide bonds. The van der Waals surface area contributed by atoms with E-state index in [2.05, 4.69) is 25.1 Å². The normalized spacial score (nSPS) is 17.4. The molecule has 7 nitrogen and oxygen atoms in total. The number of nitrogens with zero attached hydrogens (tertiary/aromatic N) is 3. The maximum Gasteiger partial charge on any atom is 0.256 e. The van der Waals surface area contributed by atoms with Crippen LogP contribution in [0.3, 0.4) is 0 Å². The van der Waals surface area contributed by atoms with E-state index < -0.39 is 0 Å². The van der Waals surface area contributed by atoms with Gasteiger partial charge in [0, 0.05) is 36.7 Å². The molecule has 0 unspecified atom stereocenters. The van der Waals surface area contributed by atoms with Crippen molar-refractivity contribution in [2.24, 2.45) is 5.92 Å². The molecule has 1 atom stereocenters. The van der Waals surface area contributed by atoms with Gasteiger partial charge in [-0.15, -0.1) is 5.10 Å². The summed E-state index contributed by atoms with van der Waals surface area (Å²) in [5, 5.41) is 9.97. The number of nitrogens with one attached hydrogen (secondary N) is 2. The zero-order chi connectivity index (χ0) is 17.6. The lowest BCUT2D eigenvalue weighted by Crippen LogP contribution is -2.32. The first kappa shape index (κ1) is 17.5. The molecule has 25 heavy (non-hydrogen) atoms. The molecule has 1 aliphatic rings. The molecule has 1 aliphatic heterocycles. The molecule has 2 heterocycles. The Bertz CT molecular complexity index is 717. The molecule has 3 rings (SSSR count). The van der Waals surface area contributed by atoms with Gasteiger partial charge >= 0.3 is 0 Å².